The summed E-state index contributed by atoms with van der Waals surface area (Å²) in [6, 6.07) is 12.3. The van der Waals surface area contributed by atoms with Crippen LogP contribution in [0, 0.1) is 28.9 Å². The van der Waals surface area contributed by atoms with Gasteiger partial charge in [-0.3, -0.25) is 14.8 Å². The molecule has 1 aromatic heterocycles. The van der Waals surface area contributed by atoms with Crippen molar-refractivity contribution < 1.29 is 23.1 Å². The van der Waals surface area contributed by atoms with Crippen LogP contribution in [0.2, 0.25) is 10.0 Å². The molecule has 0 bridgehead atoms. The number of nitrogens with one attached hydrogen (secondary N) is 1. The number of aromatic nitrogens is 2. The van der Waals surface area contributed by atoms with Crippen molar-refractivity contribution in [3.8, 4) is 28.9 Å². The van der Waals surface area contributed by atoms with Crippen molar-refractivity contribution in [2.24, 2.45) is 0 Å². The molecule has 0 radical (unpaired) electrons. The highest BCUT2D eigenvalue weighted by Crippen LogP contribution is 2.33. The van der Waals surface area contributed by atoms with E-state index in [9.17, 15) is 23.3 Å². The highest BCUT2D eigenvalue weighted by molar-refractivity contribution is 7.91. The maximum atomic E-state index is 13.3. The van der Waals surface area contributed by atoms with Crippen LogP contribution in [0.25, 0.3) is 17.1 Å². The lowest BCUT2D eigenvalue weighted by molar-refractivity contribution is -0.757. The van der Waals surface area contributed by atoms with Crippen LogP contribution in [0.3, 0.4) is 0 Å². The Hall–Kier alpha value is -3.63. The lowest BCUT2D eigenvalue weighted by Crippen LogP contribution is -2.50. The van der Waals surface area contributed by atoms with Crippen LogP contribution in [0.4, 0.5) is 0 Å². The minimum atomic E-state index is -3.10. The highest BCUT2D eigenvalue weighted by atomic mass is 35.5. The van der Waals surface area contributed by atoms with Crippen molar-refractivity contribution in [3.63, 3.8) is 0 Å². The van der Waals surface area contributed by atoms with Crippen molar-refractivity contribution in [2.45, 2.75) is 19.8 Å². The van der Waals surface area contributed by atoms with Gasteiger partial charge in [-0.2, -0.15) is 0 Å². The van der Waals surface area contributed by atoms with Crippen LogP contribution in [0.5, 0.6) is 0 Å². The van der Waals surface area contributed by atoms with E-state index in [1.165, 1.54) is 0 Å². The number of carbonyl (C=O) groups is 1. The summed E-state index contributed by atoms with van der Waals surface area (Å²) in [5.41, 5.74) is 5.49. The summed E-state index contributed by atoms with van der Waals surface area (Å²) >= 11 is 12.6. The van der Waals surface area contributed by atoms with Crippen molar-refractivity contribution in [1.29, 1.82) is 0 Å². The summed E-state index contributed by atoms with van der Waals surface area (Å²) in [7, 11) is -3.10. The molecule has 0 saturated carbocycles. The summed E-state index contributed by atoms with van der Waals surface area (Å²) in [5.74, 6) is 5.87. The van der Waals surface area contributed by atoms with Gasteiger partial charge >= 0.3 is 0 Å². The first-order chi connectivity index (χ1) is 19.0. The summed E-state index contributed by atoms with van der Waals surface area (Å²) in [5, 5.41) is 11.8. The van der Waals surface area contributed by atoms with Gasteiger partial charge in [-0.05, 0) is 55.8 Å². The molecular formula is C26H25Cl2N5O6S. The van der Waals surface area contributed by atoms with E-state index < -0.39 is 20.8 Å². The molecule has 3 aromatic rings. The number of unbranched alkanes of at least 4 members (excludes halogenated alkanes) is 1. The zero-order chi connectivity index (χ0) is 28.9. The Balaban J connectivity index is 1.62. The van der Waals surface area contributed by atoms with Gasteiger partial charge in [0.2, 0.25) is 0 Å². The van der Waals surface area contributed by atoms with E-state index >= 15 is 0 Å². The van der Waals surface area contributed by atoms with Crippen LogP contribution < -0.4 is 5.43 Å². The van der Waals surface area contributed by atoms with Gasteiger partial charge in [-0.1, -0.05) is 35.0 Å². The fraction of sp³-hybridized carbons (Fsp3) is 0.308. The van der Waals surface area contributed by atoms with Crippen molar-refractivity contribution in [2.75, 3.05) is 31.2 Å². The monoisotopic (exact) mass is 605 g/mol. The minimum Gasteiger partial charge on any atom is -0.314 e. The number of imidazole rings is 1. The molecule has 0 aliphatic carbocycles. The molecule has 14 heteroatoms. The molecule has 1 aliphatic heterocycles. The van der Waals surface area contributed by atoms with Gasteiger partial charge < -0.3 is 4.84 Å². The quantitative estimate of drug-likeness (QED) is 0.177. The summed E-state index contributed by atoms with van der Waals surface area (Å²) in [6.07, 6.45) is 0.875. The zero-order valence-corrected chi connectivity index (χ0v) is 23.7. The predicted octanol–water partition coefficient (Wildman–Crippen LogP) is 3.87. The van der Waals surface area contributed by atoms with Crippen LogP contribution in [0.1, 0.15) is 34.6 Å². The average molecular weight is 606 g/mol. The largest absolute Gasteiger partial charge is 0.314 e. The van der Waals surface area contributed by atoms with Crippen LogP contribution >= 0.6 is 23.2 Å². The normalized spacial score (nSPS) is 14.7. The third-order valence-electron chi connectivity index (χ3n) is 6.10. The Bertz CT molecular complexity index is 1580. The van der Waals surface area contributed by atoms with E-state index in [1.54, 1.807) is 34.7 Å². The average Bonchev–Trinajstić information content (AvgIpc) is 3.24. The number of hydrogen-bond donors (Lipinski definition) is 1. The minimum absolute atomic E-state index is 0.0106. The number of amides is 1. The van der Waals surface area contributed by atoms with Gasteiger partial charge in [0.15, 0.2) is 15.5 Å². The summed E-state index contributed by atoms with van der Waals surface area (Å²) in [4.78, 5) is 32.4. The zero-order valence-electron chi connectivity index (χ0n) is 21.4. The Kier molecular flexibility index (Phi) is 9.32. The van der Waals surface area contributed by atoms with Crippen molar-refractivity contribution in [3.05, 3.63) is 79.6 Å². The molecule has 0 spiro atoms. The molecule has 1 amide bonds. The van der Waals surface area contributed by atoms with Gasteiger partial charge in [-0.15, -0.1) is 10.1 Å². The number of hydrogen-bond acceptors (Lipinski definition) is 8. The van der Waals surface area contributed by atoms with Crippen LogP contribution in [-0.4, -0.2) is 65.2 Å². The number of nitrogens with zero attached hydrogens (tertiary/aromatic N) is 4. The lowest BCUT2D eigenvalue weighted by Gasteiger charge is -2.26. The molecule has 210 valence electrons. The molecule has 1 fully saturated rings. The first-order valence-electron chi connectivity index (χ1n) is 12.2. The number of halogens is 2. The number of rotatable bonds is 8. The van der Waals surface area contributed by atoms with Crippen LogP contribution in [0.15, 0.2) is 42.5 Å². The molecular weight excluding hydrogens is 581 g/mol. The van der Waals surface area contributed by atoms with Gasteiger partial charge in [-0.25, -0.2) is 18.4 Å². The molecule has 0 atom stereocenters. The van der Waals surface area contributed by atoms with Gasteiger partial charge in [0.05, 0.1) is 28.8 Å². The first kappa shape index (κ1) is 29.4. The third kappa shape index (κ3) is 7.31. The van der Waals surface area contributed by atoms with E-state index in [2.05, 4.69) is 27.1 Å². The lowest BCUT2D eigenvalue weighted by atomic mass is 10.1. The maximum absolute atomic E-state index is 13.3. The van der Waals surface area contributed by atoms with Gasteiger partial charge in [0.1, 0.15) is 5.82 Å². The topological polar surface area (TPSA) is 137 Å². The van der Waals surface area contributed by atoms with Crippen LogP contribution in [-0.2, 0) is 14.7 Å². The SMILES string of the molecule is Cc1c(C(=O)NN2CCS(=O)(=O)CC2)nc(-c2ccc(Cl)cc2Cl)n1-c1ccc(C#CCCCO[N+](=O)[O-])cc1. The van der Waals surface area contributed by atoms with Gasteiger partial charge in [0, 0.05) is 41.3 Å². The Morgan fingerprint density at radius 3 is 2.52 bits per heavy atom. The molecule has 11 nitrogen and oxygen atoms in total. The standard InChI is InChI=1S/C26H25Cl2N5O6S/c1-18-24(26(34)30-31-12-15-40(37,38)16-13-31)29-25(22-11-8-20(27)17-23(22)28)32(18)21-9-6-19(7-10-21)5-3-2-4-14-39-33(35)36/h6-11,17H,2,4,12-16H2,1H3,(H,30,34). The first-order valence-corrected chi connectivity index (χ1v) is 14.8. The van der Waals surface area contributed by atoms with E-state index in [4.69, 9.17) is 23.2 Å². The Morgan fingerprint density at radius 2 is 1.88 bits per heavy atom. The summed E-state index contributed by atoms with van der Waals surface area (Å²) < 4.78 is 25.3. The Labute approximate surface area is 241 Å². The second-order valence-electron chi connectivity index (χ2n) is 8.92. The fourth-order valence-electron chi connectivity index (χ4n) is 4.06. The number of hydrazine groups is 1. The Morgan fingerprint density at radius 1 is 1.18 bits per heavy atom. The van der Waals surface area contributed by atoms with Crippen molar-refractivity contribution >= 4 is 38.9 Å². The molecule has 1 aliphatic rings. The fourth-order valence-corrected chi connectivity index (χ4v) is 5.76. The smallest absolute Gasteiger partial charge is 0.294 e. The van der Waals surface area contributed by atoms with E-state index in [-0.39, 0.29) is 36.9 Å². The molecule has 1 saturated heterocycles. The molecule has 0 unspecified atom stereocenters. The van der Waals surface area contributed by atoms with Crippen molar-refractivity contribution in [1.82, 2.24) is 20.0 Å². The molecule has 2 heterocycles. The second kappa shape index (κ2) is 12.7. The number of benzene rings is 2. The predicted molar refractivity (Wildman–Crippen MR) is 151 cm³/mol. The maximum Gasteiger partial charge on any atom is 0.294 e. The highest BCUT2D eigenvalue weighted by Gasteiger charge is 2.27. The number of sulfone groups is 1. The molecule has 2 aromatic carbocycles. The van der Waals surface area contributed by atoms with E-state index in [1.807, 2.05) is 24.3 Å². The molecule has 40 heavy (non-hydrogen) atoms. The second-order valence-corrected chi connectivity index (χ2v) is 12.1. The van der Waals surface area contributed by atoms with Gasteiger partial charge in [0.25, 0.3) is 11.0 Å². The molecule has 4 rings (SSSR count). The third-order valence-corrected chi connectivity index (χ3v) is 8.26. The summed E-state index contributed by atoms with van der Waals surface area (Å²) in [6.45, 7) is 2.13. The molecule has 1 N–H and O–H groups in total. The van der Waals surface area contributed by atoms with E-state index in [0.29, 0.717) is 45.7 Å². The van der Waals surface area contributed by atoms with E-state index in [0.717, 1.165) is 5.56 Å². The number of carbonyl (C=O) groups excluding carboxylic acids is 1.